The number of rotatable bonds is 6. The number of para-hydroxylation sites is 2. The summed E-state index contributed by atoms with van der Waals surface area (Å²) in [6, 6.07) is 14.3. The van der Waals surface area contributed by atoms with E-state index in [4.69, 9.17) is 9.15 Å². The Kier molecular flexibility index (Phi) is 5.40. The minimum atomic E-state index is -0.948. The van der Waals surface area contributed by atoms with Gasteiger partial charge in [0.2, 0.25) is 0 Å². The molecule has 7 nitrogen and oxygen atoms in total. The molecule has 1 N–H and O–H groups in total. The molecule has 2 aromatic carbocycles. The molecule has 0 fully saturated rings. The minimum absolute atomic E-state index is 0.0500. The maximum absolute atomic E-state index is 12.1. The van der Waals surface area contributed by atoms with E-state index in [-0.39, 0.29) is 13.0 Å². The van der Waals surface area contributed by atoms with E-state index in [2.05, 4.69) is 5.32 Å². The zero-order valence-corrected chi connectivity index (χ0v) is 15.1. The molecule has 1 heterocycles. The zero-order chi connectivity index (χ0) is 19.4. The number of nitrogens with zero attached hydrogens (tertiary/aromatic N) is 1. The van der Waals surface area contributed by atoms with Crippen LogP contribution in [-0.4, -0.2) is 22.5 Å². The number of aryl methyl sites for hydroxylation is 2. The van der Waals surface area contributed by atoms with E-state index in [0.717, 1.165) is 5.56 Å². The number of ether oxygens (including phenoxy) is 1. The molecule has 1 aromatic heterocycles. The average Bonchev–Trinajstić information content (AvgIpc) is 2.97. The molecular formula is C20H20N2O5. The number of aromatic nitrogens is 1. The maximum atomic E-state index is 12.1. The van der Waals surface area contributed by atoms with Gasteiger partial charge in [-0.1, -0.05) is 29.8 Å². The molecule has 0 radical (unpaired) electrons. The van der Waals surface area contributed by atoms with Crippen LogP contribution in [0.1, 0.15) is 18.9 Å². The Labute approximate surface area is 155 Å². The molecule has 1 atom stereocenters. The normalized spacial score (nSPS) is 11.9. The molecule has 0 unspecified atom stereocenters. The van der Waals surface area contributed by atoms with Gasteiger partial charge in [0, 0.05) is 12.2 Å². The number of oxazole rings is 1. The monoisotopic (exact) mass is 368 g/mol. The van der Waals surface area contributed by atoms with Crippen LogP contribution in [0.2, 0.25) is 0 Å². The first kappa shape index (κ1) is 18.4. The molecule has 0 bridgehead atoms. The minimum Gasteiger partial charge on any atom is -0.452 e. The Bertz CT molecular complexity index is 1020. The highest BCUT2D eigenvalue weighted by atomic mass is 16.5. The SMILES string of the molecule is Cc1ccc(NC(=O)[C@@H](C)OC(=O)CCn2c(=O)oc3ccccc32)cc1. The number of hydrogen-bond acceptors (Lipinski definition) is 5. The van der Waals surface area contributed by atoms with Crippen LogP contribution in [-0.2, 0) is 20.9 Å². The van der Waals surface area contributed by atoms with Crippen molar-refractivity contribution >= 4 is 28.7 Å². The molecule has 3 rings (SSSR count). The topological polar surface area (TPSA) is 90.5 Å². The van der Waals surface area contributed by atoms with Crippen molar-refractivity contribution in [1.82, 2.24) is 4.57 Å². The Morgan fingerprint density at radius 1 is 1.15 bits per heavy atom. The second-order valence-electron chi connectivity index (χ2n) is 6.22. The molecule has 0 spiro atoms. The van der Waals surface area contributed by atoms with E-state index in [0.29, 0.717) is 16.8 Å². The second kappa shape index (κ2) is 7.90. The first-order chi connectivity index (χ1) is 12.9. The van der Waals surface area contributed by atoms with E-state index in [1.54, 1.807) is 36.4 Å². The lowest BCUT2D eigenvalue weighted by atomic mass is 10.2. The highest BCUT2D eigenvalue weighted by molar-refractivity contribution is 5.95. The van der Waals surface area contributed by atoms with Crippen LogP contribution in [0.5, 0.6) is 0 Å². The molecule has 1 amide bonds. The second-order valence-corrected chi connectivity index (χ2v) is 6.22. The molecule has 0 saturated heterocycles. The van der Waals surface area contributed by atoms with Gasteiger partial charge < -0.3 is 14.5 Å². The Hall–Kier alpha value is -3.35. The third-order valence-electron chi connectivity index (χ3n) is 4.11. The third-order valence-corrected chi connectivity index (χ3v) is 4.11. The Morgan fingerprint density at radius 3 is 2.59 bits per heavy atom. The summed E-state index contributed by atoms with van der Waals surface area (Å²) in [6.07, 6.45) is -0.998. The summed E-state index contributed by atoms with van der Waals surface area (Å²) in [5.41, 5.74) is 2.78. The Morgan fingerprint density at radius 2 is 1.85 bits per heavy atom. The van der Waals surface area contributed by atoms with Crippen molar-refractivity contribution < 1.29 is 18.7 Å². The van der Waals surface area contributed by atoms with Gasteiger partial charge in [0.05, 0.1) is 11.9 Å². The number of hydrogen-bond donors (Lipinski definition) is 1. The van der Waals surface area contributed by atoms with E-state index in [1.165, 1.54) is 11.5 Å². The van der Waals surface area contributed by atoms with E-state index >= 15 is 0 Å². The zero-order valence-electron chi connectivity index (χ0n) is 15.1. The first-order valence-electron chi connectivity index (χ1n) is 8.59. The molecule has 0 saturated carbocycles. The molecule has 0 aliphatic carbocycles. The summed E-state index contributed by atoms with van der Waals surface area (Å²) in [6.45, 7) is 3.56. The van der Waals surface area contributed by atoms with Crippen molar-refractivity contribution in [3.8, 4) is 0 Å². The van der Waals surface area contributed by atoms with Gasteiger partial charge in [-0.25, -0.2) is 4.79 Å². The summed E-state index contributed by atoms with van der Waals surface area (Å²) in [7, 11) is 0. The number of carbonyl (C=O) groups excluding carboxylic acids is 2. The maximum Gasteiger partial charge on any atom is 0.419 e. The number of amides is 1. The standard InChI is InChI=1S/C20H20N2O5/c1-13-7-9-15(10-8-13)21-19(24)14(2)26-18(23)11-12-22-16-5-3-4-6-17(16)27-20(22)25/h3-10,14H,11-12H2,1-2H3,(H,21,24)/t14-/m1/s1. The quantitative estimate of drug-likeness (QED) is 0.676. The average molecular weight is 368 g/mol. The lowest BCUT2D eigenvalue weighted by molar-refractivity contribution is -0.153. The third kappa shape index (κ3) is 4.44. The largest absolute Gasteiger partial charge is 0.452 e. The highest BCUT2D eigenvalue weighted by Crippen LogP contribution is 2.13. The van der Waals surface area contributed by atoms with Gasteiger partial charge in [-0.2, -0.15) is 0 Å². The van der Waals surface area contributed by atoms with Crippen LogP contribution < -0.4 is 11.1 Å². The summed E-state index contributed by atoms with van der Waals surface area (Å²) in [4.78, 5) is 36.1. The van der Waals surface area contributed by atoms with Crippen LogP contribution in [0.25, 0.3) is 11.1 Å². The van der Waals surface area contributed by atoms with Crippen molar-refractivity contribution in [3.63, 3.8) is 0 Å². The van der Waals surface area contributed by atoms with Crippen molar-refractivity contribution in [2.24, 2.45) is 0 Å². The number of esters is 1. The fourth-order valence-electron chi connectivity index (χ4n) is 2.62. The predicted molar refractivity (Wildman–Crippen MR) is 100 cm³/mol. The van der Waals surface area contributed by atoms with Gasteiger partial charge in [0.1, 0.15) is 0 Å². The Balaban J connectivity index is 1.55. The van der Waals surface area contributed by atoms with Crippen LogP contribution in [0, 0.1) is 6.92 Å². The fraction of sp³-hybridized carbons (Fsp3) is 0.250. The van der Waals surface area contributed by atoms with Gasteiger partial charge in [-0.05, 0) is 38.1 Å². The lowest BCUT2D eigenvalue weighted by Gasteiger charge is -2.13. The predicted octanol–water partition coefficient (Wildman–Crippen LogP) is 2.86. The number of benzene rings is 2. The van der Waals surface area contributed by atoms with Gasteiger partial charge in [0.25, 0.3) is 5.91 Å². The molecule has 140 valence electrons. The molecule has 27 heavy (non-hydrogen) atoms. The van der Waals surface area contributed by atoms with Gasteiger partial charge in [-0.3, -0.25) is 14.2 Å². The summed E-state index contributed by atoms with van der Waals surface area (Å²) in [5, 5.41) is 2.69. The van der Waals surface area contributed by atoms with E-state index < -0.39 is 23.7 Å². The summed E-state index contributed by atoms with van der Waals surface area (Å²) in [5.74, 6) is -1.52. The summed E-state index contributed by atoms with van der Waals surface area (Å²) < 4.78 is 11.6. The molecule has 0 aliphatic heterocycles. The molecule has 7 heteroatoms. The van der Waals surface area contributed by atoms with Gasteiger partial charge >= 0.3 is 11.7 Å². The molecule has 0 aliphatic rings. The van der Waals surface area contributed by atoms with E-state index in [9.17, 15) is 14.4 Å². The smallest absolute Gasteiger partial charge is 0.419 e. The van der Waals surface area contributed by atoms with Gasteiger partial charge in [-0.15, -0.1) is 0 Å². The summed E-state index contributed by atoms with van der Waals surface area (Å²) >= 11 is 0. The van der Waals surface area contributed by atoms with Crippen LogP contribution in [0.4, 0.5) is 5.69 Å². The van der Waals surface area contributed by atoms with Crippen molar-refractivity contribution in [2.75, 3.05) is 5.32 Å². The van der Waals surface area contributed by atoms with Crippen LogP contribution in [0.15, 0.2) is 57.7 Å². The number of anilines is 1. The molecule has 3 aromatic rings. The van der Waals surface area contributed by atoms with Crippen LogP contribution >= 0.6 is 0 Å². The molecular weight excluding hydrogens is 348 g/mol. The number of carbonyl (C=O) groups is 2. The highest BCUT2D eigenvalue weighted by Gasteiger charge is 2.18. The van der Waals surface area contributed by atoms with Crippen LogP contribution in [0.3, 0.4) is 0 Å². The van der Waals surface area contributed by atoms with Crippen molar-refractivity contribution in [1.29, 1.82) is 0 Å². The number of nitrogens with one attached hydrogen (secondary N) is 1. The number of fused-ring (bicyclic) bond motifs is 1. The van der Waals surface area contributed by atoms with Crippen molar-refractivity contribution in [2.45, 2.75) is 32.9 Å². The lowest BCUT2D eigenvalue weighted by Crippen LogP contribution is -2.30. The van der Waals surface area contributed by atoms with Crippen molar-refractivity contribution in [3.05, 3.63) is 64.6 Å². The fourth-order valence-corrected chi connectivity index (χ4v) is 2.62. The van der Waals surface area contributed by atoms with E-state index in [1.807, 2.05) is 19.1 Å². The van der Waals surface area contributed by atoms with Gasteiger partial charge in [0.15, 0.2) is 11.7 Å². The first-order valence-corrected chi connectivity index (χ1v) is 8.59.